The number of carbonyl (C=O) groups is 3. The van der Waals surface area contributed by atoms with E-state index in [4.69, 9.17) is 14.2 Å². The molecule has 368 valence electrons. The molecular formula is C56H108O6. The zero-order valence-electron chi connectivity index (χ0n) is 42.5. The summed E-state index contributed by atoms with van der Waals surface area (Å²) in [5, 5.41) is 0. The van der Waals surface area contributed by atoms with Gasteiger partial charge in [-0.25, -0.2) is 0 Å². The lowest BCUT2D eigenvalue weighted by atomic mass is 9.99. The minimum Gasteiger partial charge on any atom is -0.462 e. The molecule has 0 saturated carbocycles. The van der Waals surface area contributed by atoms with E-state index in [9.17, 15) is 14.4 Å². The molecule has 0 rings (SSSR count). The van der Waals surface area contributed by atoms with Crippen LogP contribution in [-0.2, 0) is 28.6 Å². The average molecular weight is 877 g/mol. The van der Waals surface area contributed by atoms with Crippen LogP contribution in [0.2, 0.25) is 0 Å². The lowest BCUT2D eigenvalue weighted by molar-refractivity contribution is -0.167. The molecule has 0 aliphatic heterocycles. The third-order valence-corrected chi connectivity index (χ3v) is 13.1. The molecule has 0 radical (unpaired) electrons. The molecule has 2 atom stereocenters. The van der Waals surface area contributed by atoms with Gasteiger partial charge in [-0.2, -0.15) is 0 Å². The highest BCUT2D eigenvalue weighted by atomic mass is 16.6. The van der Waals surface area contributed by atoms with E-state index in [0.717, 1.165) is 69.6 Å². The SMILES string of the molecule is CCCCCCCCCCCCC(=O)O[C@H](COC(=O)CCCCCCCCCCCCCCCCCCCCC(C)CC)COC(=O)CCCCCCCCCCCC(C)C. The summed E-state index contributed by atoms with van der Waals surface area (Å²) < 4.78 is 16.8. The minimum atomic E-state index is -0.761. The molecule has 0 spiro atoms. The Morgan fingerprint density at radius 3 is 0.919 bits per heavy atom. The number of esters is 3. The van der Waals surface area contributed by atoms with Crippen molar-refractivity contribution in [2.24, 2.45) is 11.8 Å². The number of unbranched alkanes of at least 4 members (excludes halogenated alkanes) is 34. The summed E-state index contributed by atoms with van der Waals surface area (Å²) in [4.78, 5) is 37.9. The third kappa shape index (κ3) is 47.9. The lowest BCUT2D eigenvalue weighted by Gasteiger charge is -2.18. The van der Waals surface area contributed by atoms with Crippen molar-refractivity contribution < 1.29 is 28.6 Å². The van der Waals surface area contributed by atoms with Crippen LogP contribution >= 0.6 is 0 Å². The van der Waals surface area contributed by atoms with E-state index < -0.39 is 6.10 Å². The van der Waals surface area contributed by atoms with Crippen molar-refractivity contribution in [1.82, 2.24) is 0 Å². The maximum atomic E-state index is 12.8. The van der Waals surface area contributed by atoms with Gasteiger partial charge in [0.1, 0.15) is 13.2 Å². The van der Waals surface area contributed by atoms with Crippen molar-refractivity contribution in [2.75, 3.05) is 13.2 Å². The van der Waals surface area contributed by atoms with E-state index >= 15 is 0 Å². The van der Waals surface area contributed by atoms with Crippen molar-refractivity contribution in [3.05, 3.63) is 0 Å². The minimum absolute atomic E-state index is 0.0634. The molecular weight excluding hydrogens is 769 g/mol. The van der Waals surface area contributed by atoms with Gasteiger partial charge in [-0.05, 0) is 31.1 Å². The van der Waals surface area contributed by atoms with E-state index in [-0.39, 0.29) is 31.1 Å². The topological polar surface area (TPSA) is 78.9 Å². The van der Waals surface area contributed by atoms with Crippen LogP contribution in [0, 0.1) is 11.8 Å². The maximum absolute atomic E-state index is 12.8. The van der Waals surface area contributed by atoms with Crippen molar-refractivity contribution in [3.63, 3.8) is 0 Å². The summed E-state index contributed by atoms with van der Waals surface area (Å²) in [6.07, 6.45) is 51.0. The Balaban J connectivity index is 4.16. The average Bonchev–Trinajstić information content (AvgIpc) is 3.26. The van der Waals surface area contributed by atoms with Gasteiger partial charge in [-0.15, -0.1) is 0 Å². The molecule has 0 fully saturated rings. The smallest absolute Gasteiger partial charge is 0.306 e. The van der Waals surface area contributed by atoms with E-state index in [1.165, 1.54) is 199 Å². The quantitative estimate of drug-likeness (QED) is 0.0344. The molecule has 0 aromatic heterocycles. The number of hydrogen-bond donors (Lipinski definition) is 0. The highest BCUT2D eigenvalue weighted by molar-refractivity contribution is 5.71. The Labute approximate surface area is 387 Å². The van der Waals surface area contributed by atoms with Crippen LogP contribution in [0.4, 0.5) is 0 Å². The molecule has 0 aliphatic carbocycles. The van der Waals surface area contributed by atoms with Crippen LogP contribution in [0.15, 0.2) is 0 Å². The van der Waals surface area contributed by atoms with E-state index in [2.05, 4.69) is 34.6 Å². The summed E-state index contributed by atoms with van der Waals surface area (Å²) in [7, 11) is 0. The van der Waals surface area contributed by atoms with Crippen molar-refractivity contribution in [2.45, 2.75) is 317 Å². The summed E-state index contributed by atoms with van der Waals surface area (Å²) >= 11 is 0. The number of carbonyl (C=O) groups excluding carboxylic acids is 3. The second kappa shape index (κ2) is 48.9. The van der Waals surface area contributed by atoms with E-state index in [0.29, 0.717) is 19.3 Å². The number of ether oxygens (including phenoxy) is 3. The molecule has 6 nitrogen and oxygen atoms in total. The van der Waals surface area contributed by atoms with Gasteiger partial charge in [0, 0.05) is 19.3 Å². The van der Waals surface area contributed by atoms with Gasteiger partial charge in [0.05, 0.1) is 0 Å². The first-order chi connectivity index (χ1) is 30.3. The van der Waals surface area contributed by atoms with E-state index in [1.807, 2.05) is 0 Å². The molecule has 0 amide bonds. The predicted octanol–water partition coefficient (Wildman–Crippen LogP) is 18.1. The molecule has 6 heteroatoms. The monoisotopic (exact) mass is 877 g/mol. The Kier molecular flexibility index (Phi) is 47.6. The van der Waals surface area contributed by atoms with Crippen molar-refractivity contribution in [3.8, 4) is 0 Å². The maximum Gasteiger partial charge on any atom is 0.306 e. The van der Waals surface area contributed by atoms with Gasteiger partial charge >= 0.3 is 17.9 Å². The molecule has 0 bridgehead atoms. The number of hydrogen-bond acceptors (Lipinski definition) is 6. The highest BCUT2D eigenvalue weighted by Gasteiger charge is 2.19. The summed E-state index contributed by atoms with van der Waals surface area (Å²) in [6.45, 7) is 11.4. The van der Waals surface area contributed by atoms with Gasteiger partial charge in [0.15, 0.2) is 6.10 Å². The largest absolute Gasteiger partial charge is 0.462 e. The first kappa shape index (κ1) is 60.4. The molecule has 0 aliphatic rings. The molecule has 1 unspecified atom stereocenters. The second-order valence-electron chi connectivity index (χ2n) is 19.9. The van der Waals surface area contributed by atoms with Crippen LogP contribution in [0.5, 0.6) is 0 Å². The first-order valence-corrected chi connectivity index (χ1v) is 27.8. The zero-order valence-corrected chi connectivity index (χ0v) is 42.5. The van der Waals surface area contributed by atoms with Gasteiger partial charge < -0.3 is 14.2 Å². The second-order valence-corrected chi connectivity index (χ2v) is 19.9. The van der Waals surface area contributed by atoms with Gasteiger partial charge in [0.25, 0.3) is 0 Å². The molecule has 0 heterocycles. The zero-order chi connectivity index (χ0) is 45.4. The summed E-state index contributed by atoms with van der Waals surface area (Å²) in [6, 6.07) is 0. The van der Waals surface area contributed by atoms with Crippen LogP contribution in [0.1, 0.15) is 311 Å². The lowest BCUT2D eigenvalue weighted by Crippen LogP contribution is -2.30. The Hall–Kier alpha value is -1.59. The van der Waals surface area contributed by atoms with E-state index in [1.54, 1.807) is 0 Å². The van der Waals surface area contributed by atoms with Crippen molar-refractivity contribution >= 4 is 17.9 Å². The van der Waals surface area contributed by atoms with Crippen LogP contribution in [-0.4, -0.2) is 37.2 Å². The molecule has 0 saturated heterocycles. The summed E-state index contributed by atoms with van der Waals surface area (Å²) in [5.41, 5.74) is 0. The summed E-state index contributed by atoms with van der Waals surface area (Å²) in [5.74, 6) is 0.872. The Morgan fingerprint density at radius 1 is 0.339 bits per heavy atom. The van der Waals surface area contributed by atoms with Crippen LogP contribution in [0.25, 0.3) is 0 Å². The third-order valence-electron chi connectivity index (χ3n) is 13.1. The molecule has 0 aromatic carbocycles. The van der Waals surface area contributed by atoms with Crippen molar-refractivity contribution in [1.29, 1.82) is 0 Å². The standard InChI is InChI=1S/C56H108O6/c1-6-8-9-10-11-12-26-33-38-43-48-56(59)62-53(50-61-55(58)47-42-37-32-28-23-24-29-34-39-44-51(3)4)49-60-54(57)46-41-36-31-27-22-20-18-16-14-13-15-17-19-21-25-30-35-40-45-52(5)7-2/h51-53H,6-50H2,1-5H3/t52?,53-/m1/s1. The van der Waals surface area contributed by atoms with Crippen LogP contribution in [0.3, 0.4) is 0 Å². The first-order valence-electron chi connectivity index (χ1n) is 27.8. The Bertz CT molecular complexity index is 949. The van der Waals surface area contributed by atoms with Gasteiger partial charge in [0.2, 0.25) is 0 Å². The predicted molar refractivity (Wildman–Crippen MR) is 266 cm³/mol. The van der Waals surface area contributed by atoms with Crippen LogP contribution < -0.4 is 0 Å². The van der Waals surface area contributed by atoms with Gasteiger partial charge in [-0.1, -0.05) is 272 Å². The molecule has 0 N–H and O–H groups in total. The fraction of sp³-hybridized carbons (Fsp3) is 0.946. The normalized spacial score (nSPS) is 12.5. The number of rotatable bonds is 50. The fourth-order valence-electron chi connectivity index (χ4n) is 8.49. The fourth-order valence-corrected chi connectivity index (χ4v) is 8.49. The van der Waals surface area contributed by atoms with Gasteiger partial charge in [-0.3, -0.25) is 14.4 Å². The Morgan fingerprint density at radius 2 is 0.613 bits per heavy atom. The highest BCUT2D eigenvalue weighted by Crippen LogP contribution is 2.18. The molecule has 62 heavy (non-hydrogen) atoms. The molecule has 0 aromatic rings.